The molecule has 0 saturated carbocycles. The minimum absolute atomic E-state index is 0.153. The van der Waals surface area contributed by atoms with Crippen molar-refractivity contribution in [2.45, 2.75) is 18.9 Å². The van der Waals surface area contributed by atoms with Crippen LogP contribution >= 0.6 is 15.9 Å². The Bertz CT molecular complexity index is 472. The predicted molar refractivity (Wildman–Crippen MR) is 77.1 cm³/mol. The molecule has 1 aromatic rings. The van der Waals surface area contributed by atoms with Gasteiger partial charge in [0.1, 0.15) is 5.75 Å². The number of ether oxygens (including phenoxy) is 2. The van der Waals surface area contributed by atoms with Crippen molar-refractivity contribution in [2.24, 2.45) is 0 Å². The molecule has 1 aliphatic heterocycles. The number of carbonyl (C=O) groups is 2. The maximum Gasteiger partial charge on any atom is 0.417 e. The SMILES string of the molecule is COc1ccc(C[C@@H](CCBr)N2C(=O)COC2=O)cc1. The molecule has 2 rings (SSSR count). The number of rotatable bonds is 6. The van der Waals surface area contributed by atoms with Crippen LogP contribution in [0.2, 0.25) is 0 Å². The zero-order chi connectivity index (χ0) is 14.5. The lowest BCUT2D eigenvalue weighted by molar-refractivity contribution is -0.127. The monoisotopic (exact) mass is 341 g/mol. The summed E-state index contributed by atoms with van der Waals surface area (Å²) in [6, 6.07) is 7.41. The number of nitrogens with zero attached hydrogens (tertiary/aromatic N) is 1. The average molecular weight is 342 g/mol. The Balaban J connectivity index is 2.12. The van der Waals surface area contributed by atoms with Crippen LogP contribution in [0.3, 0.4) is 0 Å². The van der Waals surface area contributed by atoms with E-state index in [1.165, 1.54) is 4.90 Å². The summed E-state index contributed by atoms with van der Waals surface area (Å²) >= 11 is 3.36. The molecule has 6 heteroatoms. The van der Waals surface area contributed by atoms with E-state index in [2.05, 4.69) is 15.9 Å². The van der Waals surface area contributed by atoms with Gasteiger partial charge < -0.3 is 9.47 Å². The van der Waals surface area contributed by atoms with Crippen LogP contribution in [0.1, 0.15) is 12.0 Å². The van der Waals surface area contributed by atoms with Gasteiger partial charge in [-0.1, -0.05) is 28.1 Å². The summed E-state index contributed by atoms with van der Waals surface area (Å²) in [6.45, 7) is -0.153. The van der Waals surface area contributed by atoms with Crippen LogP contribution in [-0.4, -0.2) is 42.0 Å². The fourth-order valence-corrected chi connectivity index (χ4v) is 2.73. The molecule has 0 radical (unpaired) electrons. The summed E-state index contributed by atoms with van der Waals surface area (Å²) in [5, 5.41) is 0.713. The number of amides is 2. The lowest BCUT2D eigenvalue weighted by Crippen LogP contribution is -2.41. The van der Waals surface area contributed by atoms with Crippen molar-refractivity contribution in [3.8, 4) is 5.75 Å². The fourth-order valence-electron chi connectivity index (χ4n) is 2.20. The van der Waals surface area contributed by atoms with E-state index in [0.717, 1.165) is 11.3 Å². The second-order valence-corrected chi connectivity index (χ2v) is 5.30. The van der Waals surface area contributed by atoms with Crippen LogP contribution in [0.25, 0.3) is 0 Å². The predicted octanol–water partition coefficient (Wildman–Crippen LogP) is 2.37. The highest BCUT2D eigenvalue weighted by molar-refractivity contribution is 9.09. The third kappa shape index (κ3) is 3.30. The maximum atomic E-state index is 11.7. The number of alkyl halides is 1. The van der Waals surface area contributed by atoms with E-state index in [0.29, 0.717) is 18.2 Å². The molecule has 0 N–H and O–H groups in total. The number of cyclic esters (lactones) is 1. The van der Waals surface area contributed by atoms with Crippen molar-refractivity contribution in [3.63, 3.8) is 0 Å². The Morgan fingerprint density at radius 2 is 2.05 bits per heavy atom. The lowest BCUT2D eigenvalue weighted by atomic mass is 10.0. The van der Waals surface area contributed by atoms with E-state index < -0.39 is 6.09 Å². The topological polar surface area (TPSA) is 55.8 Å². The van der Waals surface area contributed by atoms with Gasteiger partial charge in [-0.15, -0.1) is 0 Å². The normalized spacial score (nSPS) is 16.2. The Morgan fingerprint density at radius 1 is 1.35 bits per heavy atom. The summed E-state index contributed by atoms with van der Waals surface area (Å²) < 4.78 is 9.89. The molecule has 108 valence electrons. The van der Waals surface area contributed by atoms with Crippen LogP contribution in [0.5, 0.6) is 5.75 Å². The molecule has 2 amide bonds. The van der Waals surface area contributed by atoms with Gasteiger partial charge in [-0.25, -0.2) is 9.69 Å². The Morgan fingerprint density at radius 3 is 2.55 bits per heavy atom. The van der Waals surface area contributed by atoms with E-state index in [-0.39, 0.29) is 18.6 Å². The molecule has 20 heavy (non-hydrogen) atoms. The van der Waals surface area contributed by atoms with Crippen LogP contribution in [0, 0.1) is 0 Å². The van der Waals surface area contributed by atoms with E-state index in [1.54, 1.807) is 7.11 Å². The molecule has 0 bridgehead atoms. The van der Waals surface area contributed by atoms with Crippen LogP contribution in [0.15, 0.2) is 24.3 Å². The van der Waals surface area contributed by atoms with Gasteiger partial charge in [-0.3, -0.25) is 4.79 Å². The van der Waals surface area contributed by atoms with Gasteiger partial charge in [-0.2, -0.15) is 0 Å². The number of imide groups is 1. The quantitative estimate of drug-likeness (QED) is 0.745. The van der Waals surface area contributed by atoms with Crippen molar-refractivity contribution in [2.75, 3.05) is 19.0 Å². The summed E-state index contributed by atoms with van der Waals surface area (Å²) in [5.41, 5.74) is 1.05. The molecule has 1 aromatic carbocycles. The van der Waals surface area contributed by atoms with Gasteiger partial charge >= 0.3 is 6.09 Å². The minimum atomic E-state index is -0.547. The van der Waals surface area contributed by atoms with Crippen LogP contribution < -0.4 is 4.74 Å². The molecule has 5 nitrogen and oxygen atoms in total. The minimum Gasteiger partial charge on any atom is -0.497 e. The molecule has 1 saturated heterocycles. The molecule has 1 aliphatic rings. The number of methoxy groups -OCH3 is 1. The van der Waals surface area contributed by atoms with Crippen molar-refractivity contribution in [1.29, 1.82) is 0 Å². The van der Waals surface area contributed by atoms with Crippen molar-refractivity contribution >= 4 is 27.9 Å². The third-order valence-electron chi connectivity index (χ3n) is 3.22. The highest BCUT2D eigenvalue weighted by atomic mass is 79.9. The average Bonchev–Trinajstić information content (AvgIpc) is 2.78. The Hall–Kier alpha value is -1.56. The Labute approximate surface area is 126 Å². The lowest BCUT2D eigenvalue weighted by Gasteiger charge is -2.23. The number of benzene rings is 1. The molecule has 1 heterocycles. The van der Waals surface area contributed by atoms with Crippen LogP contribution in [-0.2, 0) is 16.0 Å². The maximum absolute atomic E-state index is 11.7. The van der Waals surface area contributed by atoms with Gasteiger partial charge in [0.25, 0.3) is 5.91 Å². The zero-order valence-corrected chi connectivity index (χ0v) is 12.8. The first kappa shape index (κ1) is 14.8. The molecule has 0 unspecified atom stereocenters. The standard InChI is InChI=1S/C14H16BrNO4/c1-19-12-4-2-10(3-5-12)8-11(6-7-15)16-13(17)9-20-14(16)18/h2-5,11H,6-9H2,1H3/t11-/m1/s1. The molecule has 0 aliphatic carbocycles. The molecule has 0 aromatic heterocycles. The molecular weight excluding hydrogens is 326 g/mol. The van der Waals surface area contributed by atoms with Crippen molar-refractivity contribution < 1.29 is 19.1 Å². The fraction of sp³-hybridized carbons (Fsp3) is 0.429. The first-order valence-electron chi connectivity index (χ1n) is 6.33. The summed E-state index contributed by atoms with van der Waals surface area (Å²) in [6.07, 6.45) is 0.748. The molecule has 1 atom stereocenters. The summed E-state index contributed by atoms with van der Waals surface area (Å²) in [5.74, 6) is 0.511. The summed E-state index contributed by atoms with van der Waals surface area (Å²) in [7, 11) is 1.61. The van der Waals surface area contributed by atoms with E-state index in [9.17, 15) is 9.59 Å². The van der Waals surface area contributed by atoms with Gasteiger partial charge in [0, 0.05) is 11.4 Å². The highest BCUT2D eigenvalue weighted by Gasteiger charge is 2.36. The second kappa shape index (κ2) is 6.74. The van der Waals surface area contributed by atoms with Gasteiger partial charge in [0.05, 0.1) is 7.11 Å². The molecular formula is C14H16BrNO4. The second-order valence-electron chi connectivity index (χ2n) is 4.50. The number of halogens is 1. The number of carbonyl (C=O) groups excluding carboxylic acids is 2. The molecule has 0 spiro atoms. The van der Waals surface area contributed by atoms with Crippen LogP contribution in [0.4, 0.5) is 4.79 Å². The van der Waals surface area contributed by atoms with E-state index >= 15 is 0 Å². The van der Waals surface area contributed by atoms with Crippen molar-refractivity contribution in [3.05, 3.63) is 29.8 Å². The van der Waals surface area contributed by atoms with E-state index in [4.69, 9.17) is 9.47 Å². The van der Waals surface area contributed by atoms with Gasteiger partial charge in [0.2, 0.25) is 0 Å². The summed E-state index contributed by atoms with van der Waals surface area (Å²) in [4.78, 5) is 24.6. The smallest absolute Gasteiger partial charge is 0.417 e. The van der Waals surface area contributed by atoms with E-state index in [1.807, 2.05) is 24.3 Å². The Kier molecular flexibility index (Phi) is 5.00. The highest BCUT2D eigenvalue weighted by Crippen LogP contribution is 2.20. The largest absolute Gasteiger partial charge is 0.497 e. The first-order chi connectivity index (χ1) is 9.65. The van der Waals surface area contributed by atoms with Crippen molar-refractivity contribution in [1.82, 2.24) is 4.90 Å². The number of hydrogen-bond acceptors (Lipinski definition) is 4. The first-order valence-corrected chi connectivity index (χ1v) is 7.45. The third-order valence-corrected chi connectivity index (χ3v) is 3.68. The zero-order valence-electron chi connectivity index (χ0n) is 11.2. The molecule has 1 fully saturated rings. The van der Waals surface area contributed by atoms with Gasteiger partial charge in [0.15, 0.2) is 6.61 Å². The van der Waals surface area contributed by atoms with Gasteiger partial charge in [-0.05, 0) is 30.5 Å². The number of hydrogen-bond donors (Lipinski definition) is 0.